The number of halogens is 2. The van der Waals surface area contributed by atoms with Gasteiger partial charge in [-0.2, -0.15) is 0 Å². The molecule has 2 aromatic rings. The Morgan fingerprint density at radius 2 is 1.86 bits per heavy atom. The lowest BCUT2D eigenvalue weighted by atomic mass is 10.2. The number of anilines is 1. The van der Waals surface area contributed by atoms with Crippen molar-refractivity contribution < 1.29 is 18.7 Å². The van der Waals surface area contributed by atoms with E-state index in [-0.39, 0.29) is 5.56 Å². The number of nitrogens with one attached hydrogen (secondary N) is 1. The van der Waals surface area contributed by atoms with Crippen molar-refractivity contribution in [1.82, 2.24) is 0 Å². The topological polar surface area (TPSA) is 55.4 Å². The Hall–Kier alpha value is -2.40. The predicted octanol–water partition coefficient (Wildman–Crippen LogP) is 3.66. The third-order valence-electron chi connectivity index (χ3n) is 2.83. The van der Waals surface area contributed by atoms with Crippen LogP contribution in [0.15, 0.2) is 48.5 Å². The summed E-state index contributed by atoms with van der Waals surface area (Å²) in [6, 6.07) is 11.5. The van der Waals surface area contributed by atoms with E-state index in [2.05, 4.69) is 5.32 Å². The van der Waals surface area contributed by atoms with Crippen molar-refractivity contribution in [3.63, 3.8) is 0 Å². The fourth-order valence-electron chi connectivity index (χ4n) is 1.68. The molecule has 1 atom stereocenters. The molecule has 0 heterocycles. The molecule has 0 fully saturated rings. The Labute approximate surface area is 131 Å². The molecule has 0 saturated carbocycles. The van der Waals surface area contributed by atoms with Crippen molar-refractivity contribution in [3.8, 4) is 0 Å². The Balaban J connectivity index is 1.96. The van der Waals surface area contributed by atoms with Crippen LogP contribution in [0.5, 0.6) is 0 Å². The number of benzene rings is 2. The summed E-state index contributed by atoms with van der Waals surface area (Å²) in [7, 11) is 0. The Morgan fingerprint density at radius 1 is 1.18 bits per heavy atom. The van der Waals surface area contributed by atoms with Crippen LogP contribution in [0.4, 0.5) is 10.1 Å². The average molecular weight is 322 g/mol. The van der Waals surface area contributed by atoms with Crippen LogP contribution in [0.3, 0.4) is 0 Å². The van der Waals surface area contributed by atoms with E-state index < -0.39 is 23.8 Å². The van der Waals surface area contributed by atoms with Crippen LogP contribution in [-0.2, 0) is 9.53 Å². The molecular weight excluding hydrogens is 309 g/mol. The summed E-state index contributed by atoms with van der Waals surface area (Å²) >= 11 is 5.82. The Kier molecular flexibility index (Phi) is 5.12. The van der Waals surface area contributed by atoms with Crippen molar-refractivity contribution in [2.45, 2.75) is 13.0 Å². The van der Waals surface area contributed by atoms with Gasteiger partial charge in [0.05, 0.1) is 5.56 Å². The molecule has 2 aromatic carbocycles. The highest BCUT2D eigenvalue weighted by Crippen LogP contribution is 2.15. The number of amides is 1. The standard InChI is InChI=1S/C16H13ClFNO3/c1-10(15(20)19-14-4-2-3-12(17)9-14)22-16(21)11-5-7-13(18)8-6-11/h2-10H,1H3,(H,19,20)/t10-/m1/s1. The minimum absolute atomic E-state index is 0.170. The van der Waals surface area contributed by atoms with Crippen LogP contribution in [-0.4, -0.2) is 18.0 Å². The van der Waals surface area contributed by atoms with Gasteiger partial charge in [-0.3, -0.25) is 4.79 Å². The van der Waals surface area contributed by atoms with Crippen LogP contribution in [0.2, 0.25) is 5.02 Å². The summed E-state index contributed by atoms with van der Waals surface area (Å²) in [5.74, 6) is -1.64. The number of esters is 1. The Bertz CT molecular complexity index is 688. The first kappa shape index (κ1) is 16.0. The number of hydrogen-bond acceptors (Lipinski definition) is 3. The lowest BCUT2D eigenvalue weighted by Gasteiger charge is -2.13. The first-order valence-electron chi connectivity index (χ1n) is 6.48. The normalized spacial score (nSPS) is 11.6. The van der Waals surface area contributed by atoms with Gasteiger partial charge >= 0.3 is 5.97 Å². The van der Waals surface area contributed by atoms with Crippen LogP contribution < -0.4 is 5.32 Å². The summed E-state index contributed by atoms with van der Waals surface area (Å²) < 4.78 is 17.8. The fourth-order valence-corrected chi connectivity index (χ4v) is 1.87. The monoisotopic (exact) mass is 321 g/mol. The molecule has 0 aliphatic heterocycles. The molecule has 4 nitrogen and oxygen atoms in total. The molecule has 0 aliphatic carbocycles. The second kappa shape index (κ2) is 7.04. The van der Waals surface area contributed by atoms with Gasteiger partial charge in [-0.15, -0.1) is 0 Å². The number of hydrogen-bond donors (Lipinski definition) is 1. The molecule has 1 amide bonds. The molecule has 1 N–H and O–H groups in total. The van der Waals surface area contributed by atoms with Gasteiger partial charge in [0.1, 0.15) is 5.82 Å². The molecule has 0 saturated heterocycles. The number of carbonyl (C=O) groups is 2. The minimum atomic E-state index is -1.00. The highest BCUT2D eigenvalue weighted by molar-refractivity contribution is 6.30. The lowest BCUT2D eigenvalue weighted by Crippen LogP contribution is -2.30. The smallest absolute Gasteiger partial charge is 0.338 e. The van der Waals surface area contributed by atoms with Crippen molar-refractivity contribution in [2.24, 2.45) is 0 Å². The first-order chi connectivity index (χ1) is 10.5. The van der Waals surface area contributed by atoms with E-state index in [1.54, 1.807) is 24.3 Å². The zero-order valence-corrected chi connectivity index (χ0v) is 12.4. The maximum absolute atomic E-state index is 12.8. The molecule has 2 rings (SSSR count). The summed E-state index contributed by atoms with van der Waals surface area (Å²) in [6.07, 6.45) is -1.00. The SMILES string of the molecule is C[C@@H](OC(=O)c1ccc(F)cc1)C(=O)Nc1cccc(Cl)c1. The van der Waals surface area contributed by atoms with Gasteiger partial charge in [-0.25, -0.2) is 9.18 Å². The van der Waals surface area contributed by atoms with Crippen molar-refractivity contribution >= 4 is 29.2 Å². The van der Waals surface area contributed by atoms with Gasteiger partial charge < -0.3 is 10.1 Å². The molecule has 0 bridgehead atoms. The minimum Gasteiger partial charge on any atom is -0.449 e. The van der Waals surface area contributed by atoms with E-state index in [1.807, 2.05) is 0 Å². The number of rotatable bonds is 4. The van der Waals surface area contributed by atoms with Crippen LogP contribution >= 0.6 is 11.6 Å². The van der Waals surface area contributed by atoms with Crippen molar-refractivity contribution in [2.75, 3.05) is 5.32 Å². The zero-order valence-electron chi connectivity index (χ0n) is 11.7. The zero-order chi connectivity index (χ0) is 16.1. The van der Waals surface area contributed by atoms with Crippen LogP contribution in [0, 0.1) is 5.82 Å². The molecule has 0 aliphatic rings. The van der Waals surface area contributed by atoms with E-state index in [9.17, 15) is 14.0 Å². The summed E-state index contributed by atoms with van der Waals surface area (Å²) in [4.78, 5) is 23.8. The molecule has 6 heteroatoms. The third-order valence-corrected chi connectivity index (χ3v) is 3.06. The third kappa shape index (κ3) is 4.30. The van der Waals surface area contributed by atoms with Gasteiger partial charge in [-0.1, -0.05) is 17.7 Å². The quantitative estimate of drug-likeness (QED) is 0.874. The molecule has 0 radical (unpaired) electrons. The lowest BCUT2D eigenvalue weighted by molar-refractivity contribution is -0.123. The fraction of sp³-hybridized carbons (Fsp3) is 0.125. The van der Waals surface area contributed by atoms with Gasteiger partial charge in [0.2, 0.25) is 0 Å². The van der Waals surface area contributed by atoms with E-state index >= 15 is 0 Å². The second-order valence-electron chi connectivity index (χ2n) is 4.55. The summed E-state index contributed by atoms with van der Waals surface area (Å²) in [5.41, 5.74) is 0.672. The largest absolute Gasteiger partial charge is 0.449 e. The molecule has 0 unspecified atom stereocenters. The van der Waals surface area contributed by atoms with E-state index in [4.69, 9.17) is 16.3 Å². The highest BCUT2D eigenvalue weighted by Gasteiger charge is 2.19. The molecule has 22 heavy (non-hydrogen) atoms. The average Bonchev–Trinajstić information content (AvgIpc) is 2.47. The van der Waals surface area contributed by atoms with Crippen molar-refractivity contribution in [1.29, 1.82) is 0 Å². The van der Waals surface area contributed by atoms with E-state index in [1.165, 1.54) is 19.1 Å². The van der Waals surface area contributed by atoms with Gasteiger partial charge in [0.15, 0.2) is 6.10 Å². The highest BCUT2D eigenvalue weighted by atomic mass is 35.5. The second-order valence-corrected chi connectivity index (χ2v) is 4.99. The van der Waals surface area contributed by atoms with Crippen LogP contribution in [0.1, 0.15) is 17.3 Å². The number of carbonyl (C=O) groups excluding carboxylic acids is 2. The van der Waals surface area contributed by atoms with Crippen molar-refractivity contribution in [3.05, 3.63) is 64.9 Å². The van der Waals surface area contributed by atoms with E-state index in [0.29, 0.717) is 10.7 Å². The van der Waals surface area contributed by atoms with Gasteiger partial charge in [0, 0.05) is 10.7 Å². The summed E-state index contributed by atoms with van der Waals surface area (Å²) in [6.45, 7) is 1.45. The molecule has 114 valence electrons. The molecule has 0 spiro atoms. The molecule has 0 aromatic heterocycles. The summed E-state index contributed by atoms with van der Waals surface area (Å²) in [5, 5.41) is 3.07. The number of ether oxygens (including phenoxy) is 1. The van der Waals surface area contributed by atoms with Gasteiger partial charge in [0.25, 0.3) is 5.91 Å². The maximum atomic E-state index is 12.8. The van der Waals surface area contributed by atoms with E-state index in [0.717, 1.165) is 12.1 Å². The van der Waals surface area contributed by atoms with Gasteiger partial charge in [-0.05, 0) is 49.4 Å². The van der Waals surface area contributed by atoms with Crippen LogP contribution in [0.25, 0.3) is 0 Å². The predicted molar refractivity (Wildman–Crippen MR) is 81.4 cm³/mol. The molecular formula is C16H13ClFNO3. The first-order valence-corrected chi connectivity index (χ1v) is 6.86. The maximum Gasteiger partial charge on any atom is 0.338 e. The Morgan fingerprint density at radius 3 is 2.50 bits per heavy atom.